The highest BCUT2D eigenvalue weighted by Gasteiger charge is 2.12. The fourth-order valence-corrected chi connectivity index (χ4v) is 3.37. The number of amides is 1. The van der Waals surface area contributed by atoms with Crippen LogP contribution in [0.15, 0.2) is 83.9 Å². The van der Waals surface area contributed by atoms with Crippen LogP contribution in [0.1, 0.15) is 5.56 Å². The molecule has 0 saturated heterocycles. The van der Waals surface area contributed by atoms with Gasteiger partial charge in [-0.2, -0.15) is 0 Å². The minimum atomic E-state index is -0.294. The van der Waals surface area contributed by atoms with Crippen LogP contribution in [-0.2, 0) is 17.9 Å². The third-order valence-corrected chi connectivity index (χ3v) is 4.78. The van der Waals surface area contributed by atoms with Crippen LogP contribution in [0.25, 0.3) is 10.9 Å². The number of carbonyl (C=O) groups excluding carboxylic acids is 1. The molecule has 0 fully saturated rings. The van der Waals surface area contributed by atoms with E-state index in [1.807, 2.05) is 65.4 Å². The predicted octanol–water partition coefficient (Wildman–Crippen LogP) is 3.50. The van der Waals surface area contributed by atoms with Gasteiger partial charge in [-0.15, -0.1) is 0 Å². The van der Waals surface area contributed by atoms with E-state index in [0.717, 1.165) is 10.9 Å². The minimum absolute atomic E-state index is 0.0800. The molecule has 0 aliphatic rings. The molecule has 2 heterocycles. The molecule has 6 heteroatoms. The van der Waals surface area contributed by atoms with Gasteiger partial charge < -0.3 is 19.2 Å². The summed E-state index contributed by atoms with van der Waals surface area (Å²) >= 11 is 0. The van der Waals surface area contributed by atoms with E-state index >= 15 is 0 Å². The van der Waals surface area contributed by atoms with Crippen molar-refractivity contribution in [2.75, 3.05) is 12.4 Å². The zero-order chi connectivity index (χ0) is 20.2. The van der Waals surface area contributed by atoms with Crippen molar-refractivity contribution in [1.82, 2.24) is 9.13 Å². The van der Waals surface area contributed by atoms with E-state index in [1.165, 1.54) is 4.57 Å². The average molecular weight is 387 g/mol. The smallest absolute Gasteiger partial charge is 0.275 e. The van der Waals surface area contributed by atoms with Crippen molar-refractivity contribution in [2.45, 2.75) is 13.1 Å². The third kappa shape index (κ3) is 3.91. The van der Waals surface area contributed by atoms with Gasteiger partial charge in [-0.3, -0.25) is 9.59 Å². The minimum Gasteiger partial charge on any atom is -0.495 e. The van der Waals surface area contributed by atoms with Crippen LogP contribution in [0.4, 0.5) is 5.69 Å². The number of para-hydroxylation sites is 2. The maximum Gasteiger partial charge on any atom is 0.275 e. The number of nitrogens with one attached hydrogen (secondary N) is 1. The molecule has 0 radical (unpaired) electrons. The summed E-state index contributed by atoms with van der Waals surface area (Å²) < 4.78 is 8.60. The third-order valence-electron chi connectivity index (χ3n) is 4.78. The molecule has 2 aromatic heterocycles. The Morgan fingerprint density at radius 2 is 1.62 bits per heavy atom. The lowest BCUT2D eigenvalue weighted by molar-refractivity contribution is -0.116. The Balaban J connectivity index is 1.59. The van der Waals surface area contributed by atoms with E-state index < -0.39 is 0 Å². The number of nitrogens with zero attached hydrogens (tertiary/aromatic N) is 2. The Morgan fingerprint density at radius 1 is 0.931 bits per heavy atom. The summed E-state index contributed by atoms with van der Waals surface area (Å²) in [5, 5.41) is 3.66. The largest absolute Gasteiger partial charge is 0.495 e. The number of methoxy groups -OCH3 is 1. The Morgan fingerprint density at radius 3 is 2.38 bits per heavy atom. The van der Waals surface area contributed by atoms with Gasteiger partial charge in [-0.1, -0.05) is 42.5 Å². The molecule has 0 saturated carbocycles. The number of hydrogen-bond acceptors (Lipinski definition) is 3. The van der Waals surface area contributed by atoms with Crippen molar-refractivity contribution < 1.29 is 9.53 Å². The van der Waals surface area contributed by atoms with Crippen molar-refractivity contribution in [3.63, 3.8) is 0 Å². The number of ether oxygens (including phenoxy) is 1. The van der Waals surface area contributed by atoms with Gasteiger partial charge >= 0.3 is 0 Å². The topological polar surface area (TPSA) is 65.3 Å². The van der Waals surface area contributed by atoms with Crippen LogP contribution in [0.3, 0.4) is 0 Å². The van der Waals surface area contributed by atoms with E-state index in [-0.39, 0.29) is 18.0 Å². The molecule has 146 valence electrons. The van der Waals surface area contributed by atoms with Crippen molar-refractivity contribution in [3.05, 3.63) is 95.0 Å². The number of benzene rings is 2. The fraction of sp³-hybridized carbons (Fsp3) is 0.130. The number of hydrogen-bond donors (Lipinski definition) is 1. The van der Waals surface area contributed by atoms with E-state index in [2.05, 4.69) is 5.32 Å². The molecule has 0 unspecified atom stereocenters. The zero-order valence-corrected chi connectivity index (χ0v) is 16.0. The highest BCUT2D eigenvalue weighted by atomic mass is 16.5. The molecule has 4 rings (SSSR count). The lowest BCUT2D eigenvalue weighted by Crippen LogP contribution is -2.28. The van der Waals surface area contributed by atoms with Crippen LogP contribution < -0.4 is 15.6 Å². The van der Waals surface area contributed by atoms with Crippen molar-refractivity contribution >= 4 is 22.5 Å². The number of aromatic nitrogens is 2. The molecule has 0 bridgehead atoms. The molecule has 29 heavy (non-hydrogen) atoms. The van der Waals surface area contributed by atoms with Crippen LogP contribution in [0.5, 0.6) is 5.75 Å². The predicted molar refractivity (Wildman–Crippen MR) is 113 cm³/mol. The molecule has 0 spiro atoms. The summed E-state index contributed by atoms with van der Waals surface area (Å²) in [5.41, 5.74) is 2.07. The van der Waals surface area contributed by atoms with Crippen molar-refractivity contribution in [3.8, 4) is 5.75 Å². The summed E-state index contributed by atoms with van der Waals surface area (Å²) in [7, 11) is 1.55. The molecule has 0 aliphatic carbocycles. The Kier molecular flexibility index (Phi) is 5.16. The quantitative estimate of drug-likeness (QED) is 0.551. The van der Waals surface area contributed by atoms with Gasteiger partial charge in [0.1, 0.15) is 17.8 Å². The Bertz CT molecular complexity index is 1210. The number of fused-ring (bicyclic) bond motifs is 1. The standard InChI is InChI=1S/C23H21N3O3/c1-29-20-10-6-5-9-19(20)24-21(27)16-26-14-12-18-11-13-25(22(18)23(26)28)15-17-7-3-2-4-8-17/h2-14H,15-16H2,1H3,(H,24,27). The van der Waals surface area contributed by atoms with E-state index in [9.17, 15) is 9.59 Å². The van der Waals surface area contributed by atoms with Gasteiger partial charge in [-0.05, 0) is 29.8 Å². The normalized spacial score (nSPS) is 10.8. The summed E-state index contributed by atoms with van der Waals surface area (Å²) in [4.78, 5) is 25.6. The SMILES string of the molecule is COc1ccccc1NC(=O)Cn1ccc2ccn(Cc3ccccc3)c2c1=O. The molecule has 0 aliphatic heterocycles. The molecule has 2 aromatic carbocycles. The summed E-state index contributed by atoms with van der Waals surface area (Å²) in [6.07, 6.45) is 3.55. The second kappa shape index (κ2) is 8.06. The first-order valence-electron chi connectivity index (χ1n) is 9.31. The molecule has 0 atom stereocenters. The first kappa shape index (κ1) is 18.6. The van der Waals surface area contributed by atoms with E-state index in [1.54, 1.807) is 25.4 Å². The van der Waals surface area contributed by atoms with Gasteiger partial charge in [0, 0.05) is 24.3 Å². The summed E-state index contributed by atoms with van der Waals surface area (Å²) in [6.45, 7) is 0.514. The maximum absolute atomic E-state index is 13.0. The second-order valence-electron chi connectivity index (χ2n) is 6.73. The maximum atomic E-state index is 13.0. The van der Waals surface area contributed by atoms with Crippen LogP contribution in [0.2, 0.25) is 0 Å². The number of rotatable bonds is 6. The van der Waals surface area contributed by atoms with Gasteiger partial charge in [-0.25, -0.2) is 0 Å². The molecule has 4 aromatic rings. The lowest BCUT2D eigenvalue weighted by Gasteiger charge is -2.11. The Labute approximate surface area is 168 Å². The van der Waals surface area contributed by atoms with Gasteiger partial charge in [0.05, 0.1) is 12.8 Å². The highest BCUT2D eigenvalue weighted by molar-refractivity contribution is 5.92. The van der Waals surface area contributed by atoms with Crippen LogP contribution in [-0.4, -0.2) is 22.2 Å². The van der Waals surface area contributed by atoms with Crippen molar-refractivity contribution in [2.24, 2.45) is 0 Å². The summed E-state index contributed by atoms with van der Waals surface area (Å²) in [5.74, 6) is 0.275. The summed E-state index contributed by atoms with van der Waals surface area (Å²) in [6, 6.07) is 20.9. The number of anilines is 1. The van der Waals surface area contributed by atoms with Gasteiger partial charge in [0.15, 0.2) is 0 Å². The molecule has 6 nitrogen and oxygen atoms in total. The first-order chi connectivity index (χ1) is 14.2. The molecule has 1 N–H and O–H groups in total. The first-order valence-corrected chi connectivity index (χ1v) is 9.31. The zero-order valence-electron chi connectivity index (χ0n) is 16.0. The molecular formula is C23H21N3O3. The molecular weight excluding hydrogens is 366 g/mol. The lowest BCUT2D eigenvalue weighted by atomic mass is 10.2. The van der Waals surface area contributed by atoms with Crippen molar-refractivity contribution in [1.29, 1.82) is 0 Å². The average Bonchev–Trinajstić information content (AvgIpc) is 3.14. The Hall–Kier alpha value is -3.80. The van der Waals surface area contributed by atoms with Crippen LogP contribution in [0, 0.1) is 0 Å². The monoisotopic (exact) mass is 387 g/mol. The van der Waals surface area contributed by atoms with E-state index in [4.69, 9.17) is 4.74 Å². The highest BCUT2D eigenvalue weighted by Crippen LogP contribution is 2.23. The molecule has 1 amide bonds. The number of carbonyl (C=O) groups is 1. The van der Waals surface area contributed by atoms with Crippen LogP contribution >= 0.6 is 0 Å². The number of pyridine rings is 1. The van der Waals surface area contributed by atoms with Gasteiger partial charge in [0.2, 0.25) is 5.91 Å². The second-order valence-corrected chi connectivity index (χ2v) is 6.73. The fourth-order valence-electron chi connectivity index (χ4n) is 3.37. The van der Waals surface area contributed by atoms with E-state index in [0.29, 0.717) is 23.5 Å². The van der Waals surface area contributed by atoms with Gasteiger partial charge in [0.25, 0.3) is 5.56 Å².